The van der Waals surface area contributed by atoms with Crippen LogP contribution in [0.1, 0.15) is 0 Å². The van der Waals surface area contributed by atoms with Crippen LogP contribution in [0.3, 0.4) is 0 Å². The van der Waals surface area contributed by atoms with Crippen LogP contribution in [0.5, 0.6) is 0 Å². The van der Waals surface area contributed by atoms with E-state index in [0.717, 1.165) is 122 Å². The third-order valence-electron chi connectivity index (χ3n) is 16.5. The Morgan fingerprint density at radius 2 is 0.573 bits per heavy atom. The van der Waals surface area contributed by atoms with Gasteiger partial charge in [0.1, 0.15) is 28.6 Å². The van der Waals surface area contributed by atoms with Crippen molar-refractivity contribution in [1.82, 2.24) is 28.7 Å². The normalized spacial score (nSPS) is 11.9. The second-order valence-corrected chi connectivity index (χ2v) is 21.2. The van der Waals surface area contributed by atoms with Crippen molar-refractivity contribution in [1.29, 1.82) is 0 Å². The van der Waals surface area contributed by atoms with Gasteiger partial charge in [-0.05, 0) is 149 Å². The van der Waals surface area contributed by atoms with Gasteiger partial charge in [-0.15, -0.1) is 0 Å². The van der Waals surface area contributed by atoms with Crippen LogP contribution in [0.4, 0.5) is 0 Å². The lowest BCUT2D eigenvalue weighted by Gasteiger charge is -2.12. The molecule has 7 nitrogen and oxygen atoms in total. The molecule has 7 heteroatoms. The summed E-state index contributed by atoms with van der Waals surface area (Å²) in [7, 11) is 0. The molecule has 7 heterocycles. The molecular formula is C75H46N6O. The van der Waals surface area contributed by atoms with Crippen molar-refractivity contribution in [3.63, 3.8) is 0 Å². The lowest BCUT2D eigenvalue weighted by molar-refractivity contribution is 0.669. The molecule has 0 radical (unpaired) electrons. The van der Waals surface area contributed by atoms with Gasteiger partial charge in [0.25, 0.3) is 0 Å². The Bertz CT molecular complexity index is 5300. The van der Waals surface area contributed by atoms with Gasteiger partial charge in [-0.3, -0.25) is 13.7 Å². The van der Waals surface area contributed by atoms with E-state index in [1.54, 1.807) is 0 Å². The van der Waals surface area contributed by atoms with Gasteiger partial charge in [0, 0.05) is 48.7 Å². The molecule has 0 N–H and O–H groups in total. The maximum Gasteiger partial charge on any atom is 0.140 e. The third-order valence-corrected chi connectivity index (χ3v) is 16.5. The highest BCUT2D eigenvalue weighted by atomic mass is 16.3. The average Bonchev–Trinajstić information content (AvgIpc) is 4.02. The number of para-hydroxylation sites is 2. The van der Waals surface area contributed by atoms with E-state index in [0.29, 0.717) is 0 Å². The molecule has 7 aromatic heterocycles. The fourth-order valence-corrected chi connectivity index (χ4v) is 12.7. The lowest BCUT2D eigenvalue weighted by atomic mass is 10.0. The molecule has 382 valence electrons. The summed E-state index contributed by atoms with van der Waals surface area (Å²) in [5.74, 6) is 2.49. The van der Waals surface area contributed by atoms with Crippen molar-refractivity contribution in [2.24, 2.45) is 0 Å². The monoisotopic (exact) mass is 1050 g/mol. The average molecular weight is 1050 g/mol. The fourth-order valence-electron chi connectivity index (χ4n) is 12.7. The van der Waals surface area contributed by atoms with Gasteiger partial charge in [-0.2, -0.15) is 0 Å². The molecule has 0 saturated heterocycles. The number of furan rings is 1. The number of hydrogen-bond acceptors (Lipinski definition) is 4. The first-order valence-electron chi connectivity index (χ1n) is 27.7. The van der Waals surface area contributed by atoms with Crippen molar-refractivity contribution < 1.29 is 4.42 Å². The molecule has 0 amide bonds. The first kappa shape index (κ1) is 45.8. The lowest BCUT2D eigenvalue weighted by Crippen LogP contribution is -2.03. The van der Waals surface area contributed by atoms with E-state index in [4.69, 9.17) is 19.4 Å². The molecule has 0 fully saturated rings. The number of fused-ring (bicyclic) bond motifs is 12. The minimum absolute atomic E-state index is 0.785. The molecule has 0 spiro atoms. The quantitative estimate of drug-likeness (QED) is 0.152. The molecule has 10 aromatic carbocycles. The van der Waals surface area contributed by atoms with E-state index in [-0.39, 0.29) is 0 Å². The van der Waals surface area contributed by atoms with Crippen LogP contribution in [-0.2, 0) is 0 Å². The predicted octanol–water partition coefficient (Wildman–Crippen LogP) is 19.4. The molecule has 0 atom stereocenters. The first-order chi connectivity index (χ1) is 40.6. The first-order valence-corrected chi connectivity index (χ1v) is 27.7. The number of hydrogen-bond donors (Lipinski definition) is 0. The van der Waals surface area contributed by atoms with Gasteiger partial charge < -0.3 is 4.42 Å². The summed E-state index contributed by atoms with van der Waals surface area (Å²) in [6.07, 6.45) is 0. The molecule has 17 aromatic rings. The van der Waals surface area contributed by atoms with Crippen LogP contribution >= 0.6 is 0 Å². The topological polar surface area (TPSA) is 66.6 Å². The zero-order valence-electron chi connectivity index (χ0n) is 44.1. The van der Waals surface area contributed by atoms with Gasteiger partial charge in [-0.25, -0.2) is 15.0 Å². The van der Waals surface area contributed by atoms with E-state index in [1.165, 1.54) is 38.6 Å². The van der Waals surface area contributed by atoms with Gasteiger partial charge in [0.2, 0.25) is 0 Å². The predicted molar refractivity (Wildman–Crippen MR) is 337 cm³/mol. The SMILES string of the molecule is c1ccc(-c2ccc3oc4ccc(-c5cccc(-c6cccc(-n7c8ccccc8c8cc9c(cc87)c7ccccc7n9-c7cccc(-n8c9ccc(-c%10ccccc%10)cc9c9cc(-c%10ccccc%10)ccc98)n7)n6)n5)cc4c3c2)cc1. The highest BCUT2D eigenvalue weighted by molar-refractivity contribution is 6.19. The maximum atomic E-state index is 6.33. The second kappa shape index (κ2) is 18.2. The molecule has 0 aliphatic rings. The number of nitrogens with zero attached hydrogens (tertiary/aromatic N) is 6. The van der Waals surface area contributed by atoms with E-state index < -0.39 is 0 Å². The van der Waals surface area contributed by atoms with Crippen molar-refractivity contribution in [3.8, 4) is 73.5 Å². The van der Waals surface area contributed by atoms with Crippen molar-refractivity contribution in [2.45, 2.75) is 0 Å². The standard InChI is InChI=1S/C75H46N6O/c1-4-17-47(18-5-1)50-33-37-67-56(41-50)57-42-51(48-19-6-2-7-20-48)34-38-68(57)79(67)74-31-16-32-75(78-74)81-66-29-13-11-24-55(66)59-45-69-58(46-70(59)81)54-23-10-12-28-65(54)80(69)73-30-15-27-64(77-73)63-26-14-25-62(76-63)53-36-40-72-61(44-53)60-43-52(35-39-71(60)82-72)49-21-8-3-9-22-49/h1-46H. The minimum atomic E-state index is 0.785. The molecule has 0 bridgehead atoms. The number of pyridine rings is 3. The summed E-state index contributed by atoms with van der Waals surface area (Å²) in [5, 5.41) is 9.02. The zero-order chi connectivity index (χ0) is 53.8. The summed E-state index contributed by atoms with van der Waals surface area (Å²) in [5.41, 5.74) is 18.7. The van der Waals surface area contributed by atoms with E-state index >= 15 is 0 Å². The Morgan fingerprint density at radius 3 is 1.11 bits per heavy atom. The largest absolute Gasteiger partial charge is 0.456 e. The second-order valence-electron chi connectivity index (χ2n) is 21.2. The van der Waals surface area contributed by atoms with Crippen LogP contribution in [0.15, 0.2) is 283 Å². The van der Waals surface area contributed by atoms with Gasteiger partial charge in [-0.1, -0.05) is 164 Å². The summed E-state index contributed by atoms with van der Waals surface area (Å²) in [6, 6.07) is 99.0. The molecule has 82 heavy (non-hydrogen) atoms. The van der Waals surface area contributed by atoms with Gasteiger partial charge >= 0.3 is 0 Å². The molecule has 0 unspecified atom stereocenters. The minimum Gasteiger partial charge on any atom is -0.456 e. The highest BCUT2D eigenvalue weighted by Crippen LogP contribution is 2.42. The van der Waals surface area contributed by atoms with Crippen molar-refractivity contribution in [3.05, 3.63) is 279 Å². The summed E-state index contributed by atoms with van der Waals surface area (Å²) in [6.45, 7) is 0. The smallest absolute Gasteiger partial charge is 0.140 e. The van der Waals surface area contributed by atoms with E-state index in [1.807, 2.05) is 12.1 Å². The molecule has 0 aliphatic carbocycles. The summed E-state index contributed by atoms with van der Waals surface area (Å²) >= 11 is 0. The van der Waals surface area contributed by atoms with Crippen LogP contribution in [-0.4, -0.2) is 28.7 Å². The molecular weight excluding hydrogens is 1000 g/mol. The Balaban J connectivity index is 0.785. The van der Waals surface area contributed by atoms with E-state index in [9.17, 15) is 0 Å². The van der Waals surface area contributed by atoms with Crippen molar-refractivity contribution >= 4 is 87.4 Å². The molecule has 0 aliphatic heterocycles. The number of benzene rings is 10. The Hall–Kier alpha value is -11.2. The Labute approximate surface area is 470 Å². The van der Waals surface area contributed by atoms with Crippen LogP contribution in [0.25, 0.3) is 161 Å². The Morgan fingerprint density at radius 1 is 0.207 bits per heavy atom. The highest BCUT2D eigenvalue weighted by Gasteiger charge is 2.22. The zero-order valence-corrected chi connectivity index (χ0v) is 44.1. The fraction of sp³-hybridized carbons (Fsp3) is 0. The maximum absolute atomic E-state index is 6.33. The summed E-state index contributed by atoms with van der Waals surface area (Å²) < 4.78 is 13.3. The molecule has 0 saturated carbocycles. The van der Waals surface area contributed by atoms with Crippen LogP contribution in [0, 0.1) is 0 Å². The Kier molecular flexibility index (Phi) is 10.2. The van der Waals surface area contributed by atoms with Gasteiger partial charge in [0.05, 0.1) is 50.2 Å². The van der Waals surface area contributed by atoms with E-state index in [2.05, 4.69) is 281 Å². The summed E-state index contributed by atoms with van der Waals surface area (Å²) in [4.78, 5) is 16.3. The molecule has 17 rings (SSSR count). The van der Waals surface area contributed by atoms with Crippen LogP contribution in [0.2, 0.25) is 0 Å². The van der Waals surface area contributed by atoms with Crippen LogP contribution < -0.4 is 0 Å². The number of rotatable bonds is 8. The van der Waals surface area contributed by atoms with Gasteiger partial charge in [0.15, 0.2) is 0 Å². The van der Waals surface area contributed by atoms with Crippen molar-refractivity contribution in [2.75, 3.05) is 0 Å². The number of aromatic nitrogens is 6. The third kappa shape index (κ3) is 7.27.